The monoisotopic (exact) mass is 412 g/mol. The van der Waals surface area contributed by atoms with Crippen molar-refractivity contribution in [1.82, 2.24) is 19.0 Å². The highest BCUT2D eigenvalue weighted by atomic mass is 16.3. The summed E-state index contributed by atoms with van der Waals surface area (Å²) in [4.78, 5) is 32.0. The number of fused-ring (bicyclic) bond motifs is 3. The molecule has 0 saturated carbocycles. The van der Waals surface area contributed by atoms with Gasteiger partial charge in [0.2, 0.25) is 0 Å². The summed E-state index contributed by atoms with van der Waals surface area (Å²) in [6.45, 7) is 9.43. The van der Waals surface area contributed by atoms with Gasteiger partial charge >= 0.3 is 5.69 Å². The molecule has 0 spiro atoms. The molecule has 4 heterocycles. The van der Waals surface area contributed by atoms with Crippen molar-refractivity contribution in [3.05, 3.63) is 34.4 Å². The smallest absolute Gasteiger partial charge is 0.330 e. The van der Waals surface area contributed by atoms with E-state index in [1.807, 2.05) is 24.0 Å². The molecule has 30 heavy (non-hydrogen) atoms. The van der Waals surface area contributed by atoms with E-state index in [4.69, 9.17) is 4.98 Å². The molecule has 1 aliphatic carbocycles. The van der Waals surface area contributed by atoms with Crippen LogP contribution in [0.3, 0.4) is 0 Å². The Labute approximate surface area is 177 Å². The first-order valence-corrected chi connectivity index (χ1v) is 10.9. The molecule has 0 radical (unpaired) electrons. The second kappa shape index (κ2) is 7.38. The lowest BCUT2D eigenvalue weighted by Gasteiger charge is -2.44. The quantitative estimate of drug-likeness (QED) is 0.837. The van der Waals surface area contributed by atoms with Gasteiger partial charge in [0.05, 0.1) is 17.3 Å². The predicted octanol–water partition coefficient (Wildman–Crippen LogP) is 2.56. The van der Waals surface area contributed by atoms with Crippen molar-refractivity contribution in [1.29, 1.82) is 0 Å². The van der Waals surface area contributed by atoms with Crippen molar-refractivity contribution in [3.63, 3.8) is 0 Å². The zero-order chi connectivity index (χ0) is 21.8. The van der Waals surface area contributed by atoms with E-state index in [-0.39, 0.29) is 29.0 Å². The number of hydrogen-bond acceptors (Lipinski definition) is 4. The maximum Gasteiger partial charge on any atom is 0.330 e. The van der Waals surface area contributed by atoms with E-state index in [2.05, 4.69) is 26.8 Å². The number of pyridine rings is 1. The number of aryl methyl sites for hydroxylation is 1. The van der Waals surface area contributed by atoms with Gasteiger partial charge in [-0.05, 0) is 42.4 Å². The van der Waals surface area contributed by atoms with Gasteiger partial charge < -0.3 is 10.0 Å². The van der Waals surface area contributed by atoms with Gasteiger partial charge in [0.25, 0.3) is 5.91 Å². The molecule has 1 saturated heterocycles. The molecule has 1 amide bonds. The standard InChI is InChI=1S/C23H32N4O3/c1-6-19(28)21(29)26-12-14-7-8-15(26)11-16(14)17-9-10-18-20(24-17)25(5)22(30)27(18)13-23(2,3)4/h9-11,14-15,19,28H,6-8,12-13H2,1-5H3. The number of imidazole rings is 1. The van der Waals surface area contributed by atoms with Crippen molar-refractivity contribution in [2.75, 3.05) is 6.54 Å². The molecular formula is C23H32N4O3. The third-order valence-electron chi connectivity index (χ3n) is 6.30. The lowest BCUT2D eigenvalue weighted by Crippen LogP contribution is -2.52. The van der Waals surface area contributed by atoms with E-state index in [0.717, 1.165) is 29.6 Å². The zero-order valence-corrected chi connectivity index (χ0v) is 18.6. The van der Waals surface area contributed by atoms with Crippen LogP contribution in [-0.4, -0.2) is 48.7 Å². The van der Waals surface area contributed by atoms with Crippen molar-refractivity contribution < 1.29 is 9.90 Å². The molecule has 3 atom stereocenters. The normalized spacial score (nSPS) is 22.5. The fraction of sp³-hybridized carbons (Fsp3) is 0.609. The number of carbonyl (C=O) groups excluding carboxylic acids is 1. The van der Waals surface area contributed by atoms with Crippen LogP contribution in [-0.2, 0) is 18.4 Å². The number of aliphatic hydroxyl groups is 1. The average molecular weight is 413 g/mol. The summed E-state index contributed by atoms with van der Waals surface area (Å²) >= 11 is 0. The highest BCUT2D eigenvalue weighted by Crippen LogP contribution is 2.40. The lowest BCUT2D eigenvalue weighted by atomic mass is 9.78. The first-order chi connectivity index (χ1) is 14.1. The van der Waals surface area contributed by atoms with Gasteiger partial charge in [0, 0.05) is 26.1 Å². The number of aromatic nitrogens is 3. The maximum atomic E-state index is 12.8. The minimum atomic E-state index is -0.923. The second-order valence-electron chi connectivity index (χ2n) is 9.91. The number of rotatable bonds is 4. The zero-order valence-electron chi connectivity index (χ0n) is 18.6. The highest BCUT2D eigenvalue weighted by molar-refractivity contribution is 5.83. The maximum absolute atomic E-state index is 12.8. The van der Waals surface area contributed by atoms with Crippen LogP contribution in [0.25, 0.3) is 16.7 Å². The van der Waals surface area contributed by atoms with Crippen molar-refractivity contribution in [2.24, 2.45) is 18.4 Å². The minimum absolute atomic E-state index is 0.00510. The van der Waals surface area contributed by atoms with Crippen LogP contribution in [0.5, 0.6) is 0 Å². The van der Waals surface area contributed by atoms with Crippen LogP contribution in [0.4, 0.5) is 0 Å². The molecule has 7 heteroatoms. The molecule has 2 bridgehead atoms. The third-order valence-corrected chi connectivity index (χ3v) is 6.30. The summed E-state index contributed by atoms with van der Waals surface area (Å²) in [5.74, 6) is 0.0363. The molecular weight excluding hydrogens is 380 g/mol. The van der Waals surface area contributed by atoms with Crippen LogP contribution in [0, 0.1) is 11.3 Å². The van der Waals surface area contributed by atoms with Gasteiger partial charge in [-0.25, -0.2) is 9.78 Å². The van der Waals surface area contributed by atoms with E-state index >= 15 is 0 Å². The predicted molar refractivity (Wildman–Crippen MR) is 117 cm³/mol. The summed E-state index contributed by atoms with van der Waals surface area (Å²) in [6.07, 6.45) is 3.57. The molecule has 2 aromatic heterocycles. The Bertz CT molecular complexity index is 1070. The van der Waals surface area contributed by atoms with E-state index in [1.165, 1.54) is 0 Å². The van der Waals surface area contributed by atoms with E-state index in [9.17, 15) is 14.7 Å². The average Bonchev–Trinajstić information content (AvgIpc) is 2.96. The van der Waals surface area contributed by atoms with Crippen molar-refractivity contribution >= 4 is 22.6 Å². The van der Waals surface area contributed by atoms with Crippen LogP contribution in [0.1, 0.15) is 52.7 Å². The van der Waals surface area contributed by atoms with Gasteiger partial charge in [-0.1, -0.05) is 33.8 Å². The SMILES string of the molecule is CCC(O)C(=O)N1CC2CCC1C=C2c1ccc2c(n1)n(C)c(=O)n2CC(C)(C)C. The summed E-state index contributed by atoms with van der Waals surface area (Å²) in [5, 5.41) is 9.99. The summed E-state index contributed by atoms with van der Waals surface area (Å²) in [6, 6.07) is 4.00. The molecule has 1 fully saturated rings. The first-order valence-electron chi connectivity index (χ1n) is 10.9. The van der Waals surface area contributed by atoms with E-state index < -0.39 is 6.10 Å². The van der Waals surface area contributed by atoms with Gasteiger partial charge in [0.15, 0.2) is 5.65 Å². The number of carbonyl (C=O) groups is 1. The summed E-state index contributed by atoms with van der Waals surface area (Å²) < 4.78 is 3.43. The molecule has 162 valence electrons. The molecule has 2 aliphatic heterocycles. The van der Waals surface area contributed by atoms with Gasteiger partial charge in [-0.15, -0.1) is 0 Å². The first kappa shape index (κ1) is 20.8. The highest BCUT2D eigenvalue weighted by Gasteiger charge is 2.39. The topological polar surface area (TPSA) is 80.4 Å². The van der Waals surface area contributed by atoms with Crippen molar-refractivity contribution in [2.45, 2.75) is 65.6 Å². The second-order valence-corrected chi connectivity index (χ2v) is 9.91. The van der Waals surface area contributed by atoms with Gasteiger partial charge in [-0.2, -0.15) is 0 Å². The fourth-order valence-electron chi connectivity index (χ4n) is 4.74. The van der Waals surface area contributed by atoms with E-state index in [1.54, 1.807) is 16.2 Å². The van der Waals surface area contributed by atoms with Crippen LogP contribution < -0.4 is 5.69 Å². The molecule has 0 aromatic carbocycles. The van der Waals surface area contributed by atoms with Crippen LogP contribution in [0.2, 0.25) is 0 Å². The van der Waals surface area contributed by atoms with Crippen LogP contribution >= 0.6 is 0 Å². The molecule has 3 aliphatic rings. The Kier molecular flexibility index (Phi) is 5.12. The molecule has 2 aromatic rings. The van der Waals surface area contributed by atoms with Gasteiger partial charge in [0.1, 0.15) is 6.10 Å². The van der Waals surface area contributed by atoms with E-state index in [0.29, 0.717) is 25.2 Å². The van der Waals surface area contributed by atoms with Gasteiger partial charge in [-0.3, -0.25) is 13.9 Å². The number of amides is 1. The third kappa shape index (κ3) is 3.49. The Morgan fingerprint density at radius 1 is 1.30 bits per heavy atom. The molecule has 5 rings (SSSR count). The Hall–Kier alpha value is -2.41. The fourth-order valence-corrected chi connectivity index (χ4v) is 4.74. The Morgan fingerprint density at radius 3 is 2.63 bits per heavy atom. The molecule has 1 N–H and O–H groups in total. The van der Waals surface area contributed by atoms with Crippen molar-refractivity contribution in [3.8, 4) is 0 Å². The summed E-state index contributed by atoms with van der Waals surface area (Å²) in [7, 11) is 1.77. The number of aliphatic hydroxyl groups excluding tert-OH is 1. The number of hydrogen-bond donors (Lipinski definition) is 1. The largest absolute Gasteiger partial charge is 0.383 e. The Morgan fingerprint density at radius 2 is 2.03 bits per heavy atom. The number of nitrogens with zero attached hydrogens (tertiary/aromatic N) is 4. The van der Waals surface area contributed by atoms with Crippen LogP contribution in [0.15, 0.2) is 23.0 Å². The minimum Gasteiger partial charge on any atom is -0.383 e. The molecule has 7 nitrogen and oxygen atoms in total. The summed E-state index contributed by atoms with van der Waals surface area (Å²) in [5.41, 5.74) is 3.52. The lowest BCUT2D eigenvalue weighted by molar-refractivity contribution is -0.144. The number of piperidine rings is 1. The Balaban J connectivity index is 1.70. The molecule has 3 unspecified atom stereocenters.